The second-order valence-corrected chi connectivity index (χ2v) is 5.48. The van der Waals surface area contributed by atoms with Crippen molar-refractivity contribution in [1.82, 2.24) is 0 Å². The highest BCUT2D eigenvalue weighted by atomic mass is 16.7. The molecule has 1 aromatic carbocycles. The molecule has 0 spiro atoms. The van der Waals surface area contributed by atoms with Crippen molar-refractivity contribution < 1.29 is 19.3 Å². The van der Waals surface area contributed by atoms with Crippen molar-refractivity contribution in [2.24, 2.45) is 0 Å². The van der Waals surface area contributed by atoms with E-state index in [1.807, 2.05) is 6.92 Å². The summed E-state index contributed by atoms with van der Waals surface area (Å²) >= 11 is 0. The predicted octanol–water partition coefficient (Wildman–Crippen LogP) is 3.02. The lowest BCUT2D eigenvalue weighted by molar-refractivity contribution is -0.129. The number of phenolic OH excluding ortho intramolecular Hbond substituents is 1. The molecule has 4 heteroatoms. The van der Waals surface area contributed by atoms with Gasteiger partial charge in [0.05, 0.1) is 12.2 Å². The first-order valence-electron chi connectivity index (χ1n) is 6.74. The lowest BCUT2D eigenvalue weighted by Gasteiger charge is -2.41. The Balaban J connectivity index is 2.20. The maximum atomic E-state index is 10.1. The maximum absolute atomic E-state index is 10.1. The topological polar surface area (TPSA) is 47.9 Å². The van der Waals surface area contributed by atoms with Crippen LogP contribution < -0.4 is 4.74 Å². The van der Waals surface area contributed by atoms with Crippen molar-refractivity contribution in [1.29, 1.82) is 0 Å². The Morgan fingerprint density at radius 2 is 2.05 bits per heavy atom. The first-order chi connectivity index (χ1) is 9.02. The van der Waals surface area contributed by atoms with E-state index < -0.39 is 0 Å². The van der Waals surface area contributed by atoms with Crippen molar-refractivity contribution in [3.05, 3.63) is 22.8 Å². The summed E-state index contributed by atoms with van der Waals surface area (Å²) in [5.41, 5.74) is 3.20. The average Bonchev–Trinajstić information content (AvgIpc) is 2.38. The first-order valence-corrected chi connectivity index (χ1v) is 6.74. The third kappa shape index (κ3) is 1.82. The van der Waals surface area contributed by atoms with Crippen LogP contribution in [0.5, 0.6) is 11.5 Å². The fourth-order valence-corrected chi connectivity index (χ4v) is 3.16. The maximum Gasteiger partial charge on any atom is 0.202 e. The van der Waals surface area contributed by atoms with E-state index in [4.69, 9.17) is 14.2 Å². The molecule has 4 atom stereocenters. The minimum absolute atomic E-state index is 0.00537. The molecule has 0 unspecified atom stereocenters. The average molecular weight is 264 g/mol. The molecule has 2 heterocycles. The minimum Gasteiger partial charge on any atom is -0.508 e. The zero-order valence-electron chi connectivity index (χ0n) is 11.8. The van der Waals surface area contributed by atoms with E-state index in [-0.39, 0.29) is 30.2 Å². The molecular weight excluding hydrogens is 244 g/mol. The summed E-state index contributed by atoms with van der Waals surface area (Å²) in [5, 5.41) is 10.1. The summed E-state index contributed by atoms with van der Waals surface area (Å²) < 4.78 is 17.2. The summed E-state index contributed by atoms with van der Waals surface area (Å²) in [7, 11) is 1.62. The number of methoxy groups -OCH3 is 1. The van der Waals surface area contributed by atoms with Gasteiger partial charge in [-0.15, -0.1) is 0 Å². The lowest BCUT2D eigenvalue weighted by Crippen LogP contribution is -2.36. The molecule has 0 aliphatic carbocycles. The zero-order chi connectivity index (χ0) is 13.7. The van der Waals surface area contributed by atoms with Crippen LogP contribution in [-0.4, -0.2) is 24.6 Å². The molecule has 1 aromatic rings. The van der Waals surface area contributed by atoms with E-state index in [0.29, 0.717) is 12.2 Å². The molecule has 0 amide bonds. The van der Waals surface area contributed by atoms with Crippen LogP contribution in [-0.2, 0) is 9.47 Å². The predicted molar refractivity (Wildman–Crippen MR) is 70.6 cm³/mol. The molecule has 0 bridgehead atoms. The number of rotatable bonds is 1. The van der Waals surface area contributed by atoms with Gasteiger partial charge in [-0.1, -0.05) is 6.92 Å². The molecule has 19 heavy (non-hydrogen) atoms. The van der Waals surface area contributed by atoms with Crippen LogP contribution in [0.3, 0.4) is 0 Å². The SMILES string of the molecule is CO[C@H]1C[C@H]2O[C@H](C)[C@@H](C)c3c(C)c(O)cc(c32)O1. The van der Waals surface area contributed by atoms with E-state index in [2.05, 4.69) is 13.8 Å². The fourth-order valence-electron chi connectivity index (χ4n) is 3.16. The summed E-state index contributed by atoms with van der Waals surface area (Å²) in [6.45, 7) is 6.17. The number of benzene rings is 1. The molecule has 4 nitrogen and oxygen atoms in total. The lowest BCUT2D eigenvalue weighted by atomic mass is 9.81. The molecule has 1 N–H and O–H groups in total. The van der Waals surface area contributed by atoms with Crippen LogP contribution >= 0.6 is 0 Å². The Morgan fingerprint density at radius 3 is 2.74 bits per heavy atom. The molecule has 2 aliphatic heterocycles. The van der Waals surface area contributed by atoms with Gasteiger partial charge in [0.25, 0.3) is 0 Å². The Kier molecular flexibility index (Phi) is 2.95. The van der Waals surface area contributed by atoms with Gasteiger partial charge in [-0.3, -0.25) is 0 Å². The smallest absolute Gasteiger partial charge is 0.202 e. The molecule has 2 aliphatic rings. The van der Waals surface area contributed by atoms with Gasteiger partial charge in [0, 0.05) is 31.1 Å². The molecule has 3 rings (SSSR count). The van der Waals surface area contributed by atoms with Gasteiger partial charge < -0.3 is 19.3 Å². The van der Waals surface area contributed by atoms with E-state index in [0.717, 1.165) is 11.1 Å². The minimum atomic E-state index is -0.312. The van der Waals surface area contributed by atoms with Crippen molar-refractivity contribution in [3.8, 4) is 11.5 Å². The second-order valence-electron chi connectivity index (χ2n) is 5.48. The van der Waals surface area contributed by atoms with Gasteiger partial charge in [-0.25, -0.2) is 0 Å². The van der Waals surface area contributed by atoms with E-state index in [9.17, 15) is 5.11 Å². The third-order valence-corrected chi connectivity index (χ3v) is 4.40. The summed E-state index contributed by atoms with van der Waals surface area (Å²) in [4.78, 5) is 0. The molecule has 0 aromatic heterocycles. The molecule has 0 radical (unpaired) electrons. The van der Waals surface area contributed by atoms with Gasteiger partial charge >= 0.3 is 0 Å². The first kappa shape index (κ1) is 12.8. The Bertz CT molecular complexity index is 511. The van der Waals surface area contributed by atoms with Crippen LogP contribution in [0.15, 0.2) is 6.07 Å². The molecule has 0 fully saturated rings. The van der Waals surface area contributed by atoms with Gasteiger partial charge in [0.15, 0.2) is 0 Å². The van der Waals surface area contributed by atoms with Gasteiger partial charge in [-0.2, -0.15) is 0 Å². The van der Waals surface area contributed by atoms with Crippen molar-refractivity contribution in [2.75, 3.05) is 7.11 Å². The van der Waals surface area contributed by atoms with Crippen molar-refractivity contribution in [3.63, 3.8) is 0 Å². The van der Waals surface area contributed by atoms with Crippen molar-refractivity contribution in [2.45, 2.75) is 51.6 Å². The number of hydrogen-bond acceptors (Lipinski definition) is 4. The standard InChI is InChI=1S/C15H20O4/c1-7-9(3)18-12-6-13(17-4)19-11-5-10(16)8(2)14(7)15(11)12/h5,7,9,12-13,16H,6H2,1-4H3/t7-,9-,12-,13-/m1/s1. The Morgan fingerprint density at radius 1 is 1.32 bits per heavy atom. The van der Waals surface area contributed by atoms with E-state index in [1.54, 1.807) is 13.2 Å². The molecular formula is C15H20O4. The summed E-state index contributed by atoms with van der Waals surface area (Å²) in [6, 6.07) is 1.68. The zero-order valence-corrected chi connectivity index (χ0v) is 11.8. The highest BCUT2D eigenvalue weighted by Crippen LogP contribution is 2.50. The number of aromatic hydroxyl groups is 1. The normalized spacial score (nSPS) is 32.6. The van der Waals surface area contributed by atoms with Gasteiger partial charge in [-0.05, 0) is 25.0 Å². The Hall–Kier alpha value is -1.26. The summed E-state index contributed by atoms with van der Waals surface area (Å²) in [5.74, 6) is 1.23. The van der Waals surface area contributed by atoms with Gasteiger partial charge in [0.2, 0.25) is 6.29 Å². The number of ether oxygens (including phenoxy) is 3. The number of hydrogen-bond donors (Lipinski definition) is 1. The fraction of sp³-hybridized carbons (Fsp3) is 0.600. The molecule has 104 valence electrons. The van der Waals surface area contributed by atoms with Crippen LogP contribution in [0, 0.1) is 6.92 Å². The summed E-state index contributed by atoms with van der Waals surface area (Å²) in [6.07, 6.45) is 0.501. The molecule has 0 saturated heterocycles. The number of phenols is 1. The highest BCUT2D eigenvalue weighted by molar-refractivity contribution is 5.56. The molecule has 0 saturated carbocycles. The van der Waals surface area contributed by atoms with Crippen LogP contribution in [0.4, 0.5) is 0 Å². The quantitative estimate of drug-likeness (QED) is 0.847. The largest absolute Gasteiger partial charge is 0.508 e. The highest BCUT2D eigenvalue weighted by Gasteiger charge is 2.40. The third-order valence-electron chi connectivity index (χ3n) is 4.40. The van der Waals surface area contributed by atoms with Gasteiger partial charge in [0.1, 0.15) is 11.5 Å². The van der Waals surface area contributed by atoms with Crippen LogP contribution in [0.1, 0.15) is 49.0 Å². The monoisotopic (exact) mass is 264 g/mol. The van der Waals surface area contributed by atoms with E-state index >= 15 is 0 Å². The van der Waals surface area contributed by atoms with E-state index in [1.165, 1.54) is 5.56 Å². The van der Waals surface area contributed by atoms with Crippen LogP contribution in [0.25, 0.3) is 0 Å². The van der Waals surface area contributed by atoms with Crippen LogP contribution in [0.2, 0.25) is 0 Å². The van der Waals surface area contributed by atoms with Crippen molar-refractivity contribution >= 4 is 0 Å². The second kappa shape index (κ2) is 4.39. The Labute approximate surface area is 113 Å².